The lowest BCUT2D eigenvalue weighted by Crippen LogP contribution is -1.95. The summed E-state index contributed by atoms with van der Waals surface area (Å²) in [7, 11) is 0. The highest BCUT2D eigenvalue weighted by atomic mass is 32.1. The Kier molecular flexibility index (Phi) is 3.22. The van der Waals surface area contributed by atoms with Gasteiger partial charge in [-0.1, -0.05) is 25.1 Å². The lowest BCUT2D eigenvalue weighted by atomic mass is 10.1. The highest BCUT2D eigenvalue weighted by molar-refractivity contribution is 7.15. The average Bonchev–Trinajstić information content (AvgIpc) is 3.00. The fraction of sp³-hybridized carbons (Fsp3) is 0.235. The van der Waals surface area contributed by atoms with Gasteiger partial charge in [0.25, 0.3) is 0 Å². The molecule has 0 spiro atoms. The molecule has 2 nitrogen and oxygen atoms in total. The minimum absolute atomic E-state index is 0.221. The van der Waals surface area contributed by atoms with Crippen LogP contribution in [-0.2, 0) is 0 Å². The van der Waals surface area contributed by atoms with Crippen LogP contribution in [0, 0.1) is 13.8 Å². The van der Waals surface area contributed by atoms with Crippen molar-refractivity contribution in [3.05, 3.63) is 46.3 Å². The largest absolute Gasteiger partial charge is 0.354 e. The summed E-state index contributed by atoms with van der Waals surface area (Å²) in [6, 6.07) is 10.3. The van der Waals surface area contributed by atoms with Gasteiger partial charge in [0, 0.05) is 27.8 Å². The molecule has 1 aromatic carbocycles. The van der Waals surface area contributed by atoms with Crippen molar-refractivity contribution in [3.8, 4) is 10.6 Å². The van der Waals surface area contributed by atoms with Gasteiger partial charge in [-0.3, -0.25) is 4.79 Å². The predicted octanol–water partition coefficient (Wildman–Crippen LogP) is 5.11. The van der Waals surface area contributed by atoms with Gasteiger partial charge >= 0.3 is 0 Å². The lowest BCUT2D eigenvalue weighted by Gasteiger charge is -1.95. The maximum Gasteiger partial charge on any atom is 0.163 e. The number of aromatic nitrogens is 1. The standard InChI is InChI=1S/C17H17NOS/c1-4-15(19)13-9-16(20-11(13)3)17-10(2)12-7-5-6-8-14(12)18-17/h5-9,18H,4H2,1-3H3. The third kappa shape index (κ3) is 1.98. The molecule has 0 saturated heterocycles. The van der Waals surface area contributed by atoms with Crippen molar-refractivity contribution in [2.75, 3.05) is 0 Å². The summed E-state index contributed by atoms with van der Waals surface area (Å²) in [4.78, 5) is 17.7. The number of benzene rings is 1. The quantitative estimate of drug-likeness (QED) is 0.666. The normalized spacial score (nSPS) is 11.2. The molecule has 3 heteroatoms. The first-order chi connectivity index (χ1) is 9.61. The fourth-order valence-corrected chi connectivity index (χ4v) is 3.70. The third-order valence-corrected chi connectivity index (χ3v) is 4.82. The third-order valence-electron chi connectivity index (χ3n) is 3.75. The van der Waals surface area contributed by atoms with Crippen molar-refractivity contribution in [1.29, 1.82) is 0 Å². The number of nitrogens with one attached hydrogen (secondary N) is 1. The molecule has 1 N–H and O–H groups in total. The zero-order chi connectivity index (χ0) is 14.3. The maximum atomic E-state index is 11.9. The van der Waals surface area contributed by atoms with Gasteiger partial charge in [0.1, 0.15) is 0 Å². The van der Waals surface area contributed by atoms with Gasteiger partial charge in [-0.2, -0.15) is 0 Å². The molecule has 0 unspecified atom stereocenters. The second-order valence-corrected chi connectivity index (χ2v) is 6.28. The number of para-hydroxylation sites is 1. The van der Waals surface area contributed by atoms with Crippen LogP contribution < -0.4 is 0 Å². The Morgan fingerprint density at radius 2 is 2.00 bits per heavy atom. The Bertz CT molecular complexity index is 795. The lowest BCUT2D eigenvalue weighted by molar-refractivity contribution is 0.0988. The van der Waals surface area contributed by atoms with Crippen molar-refractivity contribution >= 4 is 28.0 Å². The van der Waals surface area contributed by atoms with Crippen molar-refractivity contribution in [3.63, 3.8) is 0 Å². The fourth-order valence-electron chi connectivity index (χ4n) is 2.60. The van der Waals surface area contributed by atoms with Crippen molar-refractivity contribution in [2.45, 2.75) is 27.2 Å². The molecule has 3 rings (SSSR count). The van der Waals surface area contributed by atoms with E-state index in [0.717, 1.165) is 26.5 Å². The molecule has 102 valence electrons. The number of aromatic amines is 1. The number of hydrogen-bond acceptors (Lipinski definition) is 2. The molecule has 2 aromatic heterocycles. The summed E-state index contributed by atoms with van der Waals surface area (Å²) < 4.78 is 0. The Labute approximate surface area is 122 Å². The van der Waals surface area contributed by atoms with E-state index in [0.29, 0.717) is 6.42 Å². The molecule has 0 amide bonds. The van der Waals surface area contributed by atoms with Gasteiger partial charge in [0.05, 0.1) is 10.6 Å². The molecule has 20 heavy (non-hydrogen) atoms. The molecule has 0 bridgehead atoms. The van der Waals surface area contributed by atoms with E-state index in [9.17, 15) is 4.79 Å². The number of Topliss-reactive ketones (excluding diaryl/α,β-unsaturated/α-hetero) is 1. The van der Waals surface area contributed by atoms with Crippen LogP contribution in [0.1, 0.15) is 34.1 Å². The molecular weight excluding hydrogens is 266 g/mol. The van der Waals surface area contributed by atoms with Crippen LogP contribution >= 0.6 is 11.3 Å². The van der Waals surface area contributed by atoms with E-state index in [1.807, 2.05) is 26.0 Å². The van der Waals surface area contributed by atoms with Crippen LogP contribution in [0.2, 0.25) is 0 Å². The van der Waals surface area contributed by atoms with Crippen LogP contribution in [0.4, 0.5) is 0 Å². The summed E-state index contributed by atoms with van der Waals surface area (Å²) in [6.07, 6.45) is 0.558. The first kappa shape index (κ1) is 13.1. The number of hydrogen-bond donors (Lipinski definition) is 1. The van der Waals surface area contributed by atoms with Crippen LogP contribution in [0.25, 0.3) is 21.5 Å². The Morgan fingerprint density at radius 3 is 2.70 bits per heavy atom. The number of rotatable bonds is 3. The molecule has 3 aromatic rings. The second-order valence-electron chi connectivity index (χ2n) is 5.03. The minimum atomic E-state index is 0.221. The molecule has 0 aliphatic rings. The summed E-state index contributed by atoms with van der Waals surface area (Å²) in [5.41, 5.74) is 4.40. The van der Waals surface area contributed by atoms with Crippen LogP contribution in [0.3, 0.4) is 0 Å². The van der Waals surface area contributed by atoms with E-state index in [4.69, 9.17) is 0 Å². The first-order valence-corrected chi connectivity index (χ1v) is 7.64. The molecule has 0 atom stereocenters. The SMILES string of the molecule is CCC(=O)c1cc(-c2[nH]c3ccccc3c2C)sc1C. The number of carbonyl (C=O) groups excluding carboxylic acids is 1. The Morgan fingerprint density at radius 1 is 1.25 bits per heavy atom. The summed E-state index contributed by atoms with van der Waals surface area (Å²) in [6.45, 7) is 6.06. The smallest absolute Gasteiger partial charge is 0.163 e. The maximum absolute atomic E-state index is 11.9. The number of ketones is 1. The molecule has 2 heterocycles. The van der Waals surface area contributed by atoms with E-state index in [2.05, 4.69) is 30.1 Å². The zero-order valence-corrected chi connectivity index (χ0v) is 12.7. The van der Waals surface area contributed by atoms with E-state index in [-0.39, 0.29) is 5.78 Å². The molecule has 0 fully saturated rings. The Balaban J connectivity index is 2.16. The van der Waals surface area contributed by atoms with Crippen LogP contribution in [0.15, 0.2) is 30.3 Å². The van der Waals surface area contributed by atoms with E-state index < -0.39 is 0 Å². The molecule has 0 saturated carbocycles. The summed E-state index contributed by atoms with van der Waals surface area (Å²) >= 11 is 1.69. The van der Waals surface area contributed by atoms with Crippen molar-refractivity contribution in [1.82, 2.24) is 4.98 Å². The molecular formula is C17H17NOS. The van der Waals surface area contributed by atoms with Gasteiger partial charge in [-0.25, -0.2) is 0 Å². The van der Waals surface area contributed by atoms with Gasteiger partial charge in [0.15, 0.2) is 5.78 Å². The molecule has 0 radical (unpaired) electrons. The second kappa shape index (κ2) is 4.91. The number of fused-ring (bicyclic) bond motifs is 1. The van der Waals surface area contributed by atoms with Gasteiger partial charge in [-0.05, 0) is 31.5 Å². The summed E-state index contributed by atoms with van der Waals surface area (Å²) in [5, 5.41) is 1.25. The monoisotopic (exact) mass is 283 g/mol. The molecule has 0 aliphatic carbocycles. The Hall–Kier alpha value is -1.87. The van der Waals surface area contributed by atoms with Gasteiger partial charge in [-0.15, -0.1) is 11.3 Å². The molecule has 0 aliphatic heterocycles. The topological polar surface area (TPSA) is 32.9 Å². The number of H-pyrrole nitrogens is 1. The highest BCUT2D eigenvalue weighted by Gasteiger charge is 2.16. The highest BCUT2D eigenvalue weighted by Crippen LogP contribution is 2.36. The van der Waals surface area contributed by atoms with E-state index in [1.165, 1.54) is 10.9 Å². The van der Waals surface area contributed by atoms with Crippen LogP contribution in [-0.4, -0.2) is 10.8 Å². The number of aryl methyl sites for hydroxylation is 2. The van der Waals surface area contributed by atoms with E-state index in [1.54, 1.807) is 11.3 Å². The van der Waals surface area contributed by atoms with Crippen molar-refractivity contribution in [2.24, 2.45) is 0 Å². The summed E-state index contributed by atoms with van der Waals surface area (Å²) in [5.74, 6) is 0.221. The minimum Gasteiger partial charge on any atom is -0.354 e. The van der Waals surface area contributed by atoms with E-state index >= 15 is 0 Å². The van der Waals surface area contributed by atoms with Crippen LogP contribution in [0.5, 0.6) is 0 Å². The van der Waals surface area contributed by atoms with Gasteiger partial charge in [0.2, 0.25) is 0 Å². The first-order valence-electron chi connectivity index (χ1n) is 6.83. The number of carbonyl (C=O) groups is 1. The zero-order valence-electron chi connectivity index (χ0n) is 11.9. The number of thiophene rings is 1. The van der Waals surface area contributed by atoms with Gasteiger partial charge < -0.3 is 4.98 Å². The average molecular weight is 283 g/mol. The van der Waals surface area contributed by atoms with Crippen molar-refractivity contribution < 1.29 is 4.79 Å². The predicted molar refractivity (Wildman–Crippen MR) is 85.7 cm³/mol.